The Morgan fingerprint density at radius 1 is 1.11 bits per heavy atom. The molecule has 1 aromatic carbocycles. The number of likely N-dealkylation sites (N-methyl/N-ethyl adjacent to an activating group) is 1. The molecule has 0 atom stereocenters. The zero-order valence-electron chi connectivity index (χ0n) is 15.7. The van der Waals surface area contributed by atoms with Crippen LogP contribution in [-0.4, -0.2) is 39.4 Å². The van der Waals surface area contributed by atoms with Crippen LogP contribution in [-0.2, 0) is 6.42 Å². The largest absolute Gasteiger partial charge is 0.346 e. The number of nitrogens with one attached hydrogen (secondary N) is 1. The predicted molar refractivity (Wildman–Crippen MR) is 105 cm³/mol. The summed E-state index contributed by atoms with van der Waals surface area (Å²) in [5.41, 5.74) is 4.25. The molecule has 1 N–H and O–H groups in total. The molecule has 0 aliphatic rings. The van der Waals surface area contributed by atoms with Crippen molar-refractivity contribution in [2.45, 2.75) is 20.3 Å². The maximum atomic E-state index is 12.8. The van der Waals surface area contributed by atoms with E-state index in [1.165, 1.54) is 0 Å². The molecule has 0 unspecified atom stereocenters. The van der Waals surface area contributed by atoms with Gasteiger partial charge < -0.3 is 9.88 Å². The lowest BCUT2D eigenvalue weighted by Crippen LogP contribution is -2.31. The number of amides is 1. The predicted octanol–water partition coefficient (Wildman–Crippen LogP) is 2.76. The molecule has 0 fully saturated rings. The van der Waals surface area contributed by atoms with Gasteiger partial charge in [-0.25, -0.2) is 4.79 Å². The minimum Gasteiger partial charge on any atom is -0.340 e. The maximum Gasteiger partial charge on any atom is 0.346 e. The van der Waals surface area contributed by atoms with Crippen molar-refractivity contribution >= 4 is 5.91 Å². The van der Waals surface area contributed by atoms with E-state index in [1.54, 1.807) is 30.4 Å². The van der Waals surface area contributed by atoms with Crippen molar-refractivity contribution in [3.63, 3.8) is 0 Å². The highest BCUT2D eigenvalue weighted by Gasteiger charge is 2.16. The smallest absolute Gasteiger partial charge is 0.340 e. The zero-order valence-corrected chi connectivity index (χ0v) is 15.7. The molecule has 3 aromatic rings. The van der Waals surface area contributed by atoms with E-state index >= 15 is 0 Å². The lowest BCUT2D eigenvalue weighted by atomic mass is 10.0. The number of carbonyl (C=O) groups excluding carboxylic acids is 1. The molecule has 0 aliphatic carbocycles. The Labute approximate surface area is 157 Å². The summed E-state index contributed by atoms with van der Waals surface area (Å²) in [6.07, 6.45) is 4.17. The van der Waals surface area contributed by atoms with E-state index < -0.39 is 5.69 Å². The number of nitrogens with zero attached hydrogens (tertiary/aromatic N) is 3. The van der Waals surface area contributed by atoms with E-state index in [-0.39, 0.29) is 11.6 Å². The number of carbonyl (C=O) groups is 1. The lowest BCUT2D eigenvalue weighted by Gasteiger charge is -2.17. The quantitative estimate of drug-likeness (QED) is 0.757. The second-order valence-electron chi connectivity index (χ2n) is 6.64. The molecular weight excluding hydrogens is 340 g/mol. The van der Waals surface area contributed by atoms with Crippen LogP contribution in [0.3, 0.4) is 0 Å². The van der Waals surface area contributed by atoms with Gasteiger partial charge >= 0.3 is 5.69 Å². The van der Waals surface area contributed by atoms with Crippen LogP contribution in [0.25, 0.3) is 11.3 Å². The summed E-state index contributed by atoms with van der Waals surface area (Å²) < 4.78 is 0. The molecule has 2 heterocycles. The standard InChI is InChI=1S/C21H22N4O2/c1-14-4-5-15(2)17(12-14)18-13-19(24-21(27)23-18)20(26)25(3)11-8-16-6-9-22-10-7-16/h4-7,9-10,12-13H,8,11H2,1-3H3,(H,23,24,27). The Bertz CT molecular complexity index is 1010. The molecule has 0 spiro atoms. The number of hydrogen-bond donors (Lipinski definition) is 1. The van der Waals surface area contributed by atoms with E-state index in [2.05, 4.69) is 15.0 Å². The molecule has 0 saturated heterocycles. The van der Waals surface area contributed by atoms with Gasteiger partial charge in [-0.05, 0) is 55.7 Å². The third-order valence-electron chi connectivity index (χ3n) is 4.48. The molecule has 3 rings (SSSR count). The van der Waals surface area contributed by atoms with Gasteiger partial charge in [0.15, 0.2) is 0 Å². The second-order valence-corrected chi connectivity index (χ2v) is 6.64. The first-order chi connectivity index (χ1) is 12.9. The molecule has 0 aliphatic heterocycles. The Kier molecular flexibility index (Phi) is 5.45. The van der Waals surface area contributed by atoms with Gasteiger partial charge in [0.2, 0.25) is 0 Å². The number of H-pyrrole nitrogens is 1. The van der Waals surface area contributed by atoms with Crippen molar-refractivity contribution in [3.05, 3.63) is 81.7 Å². The second kappa shape index (κ2) is 7.95. The fourth-order valence-electron chi connectivity index (χ4n) is 2.88. The Morgan fingerprint density at radius 2 is 1.85 bits per heavy atom. The molecule has 0 radical (unpaired) electrons. The Hall–Kier alpha value is -3.28. The fraction of sp³-hybridized carbons (Fsp3) is 0.238. The van der Waals surface area contributed by atoms with Crippen molar-refractivity contribution in [1.82, 2.24) is 19.9 Å². The first-order valence-electron chi connectivity index (χ1n) is 8.77. The van der Waals surface area contributed by atoms with Crippen molar-refractivity contribution < 1.29 is 4.79 Å². The third kappa shape index (κ3) is 4.47. The summed E-state index contributed by atoms with van der Waals surface area (Å²) in [6.45, 7) is 4.47. The van der Waals surface area contributed by atoms with Crippen LogP contribution < -0.4 is 5.69 Å². The van der Waals surface area contributed by atoms with Gasteiger partial charge in [-0.3, -0.25) is 9.78 Å². The van der Waals surface area contributed by atoms with Crippen LogP contribution >= 0.6 is 0 Å². The van der Waals surface area contributed by atoms with Gasteiger partial charge in [0.25, 0.3) is 5.91 Å². The van der Waals surface area contributed by atoms with E-state index in [0.29, 0.717) is 18.7 Å². The number of aryl methyl sites for hydroxylation is 2. The van der Waals surface area contributed by atoms with E-state index in [4.69, 9.17) is 0 Å². The summed E-state index contributed by atoms with van der Waals surface area (Å²) >= 11 is 0. The van der Waals surface area contributed by atoms with Gasteiger partial charge in [-0.2, -0.15) is 4.98 Å². The Balaban J connectivity index is 1.83. The molecular formula is C21H22N4O2. The highest BCUT2D eigenvalue weighted by Crippen LogP contribution is 2.22. The summed E-state index contributed by atoms with van der Waals surface area (Å²) in [5, 5.41) is 0. The summed E-state index contributed by atoms with van der Waals surface area (Å²) in [6, 6.07) is 11.4. The maximum absolute atomic E-state index is 12.8. The number of benzene rings is 1. The zero-order chi connectivity index (χ0) is 19.4. The van der Waals surface area contributed by atoms with Crippen LogP contribution in [0.5, 0.6) is 0 Å². The SMILES string of the molecule is Cc1ccc(C)c(-c2cc(C(=O)N(C)CCc3ccncc3)[nH]c(=O)n2)c1. The molecule has 2 aromatic heterocycles. The molecule has 6 heteroatoms. The number of rotatable bonds is 5. The lowest BCUT2D eigenvalue weighted by molar-refractivity contribution is 0.0790. The monoisotopic (exact) mass is 362 g/mol. The first kappa shape index (κ1) is 18.5. The summed E-state index contributed by atoms with van der Waals surface area (Å²) in [4.78, 5) is 37.0. The van der Waals surface area contributed by atoms with E-state index in [0.717, 1.165) is 22.3 Å². The van der Waals surface area contributed by atoms with Gasteiger partial charge in [0.1, 0.15) is 5.69 Å². The van der Waals surface area contributed by atoms with Gasteiger partial charge in [0.05, 0.1) is 5.69 Å². The van der Waals surface area contributed by atoms with Crippen LogP contribution in [0.15, 0.2) is 53.6 Å². The molecule has 1 amide bonds. The van der Waals surface area contributed by atoms with Crippen LogP contribution in [0.4, 0.5) is 0 Å². The Morgan fingerprint density at radius 3 is 2.59 bits per heavy atom. The van der Waals surface area contributed by atoms with Crippen molar-refractivity contribution in [1.29, 1.82) is 0 Å². The highest BCUT2D eigenvalue weighted by atomic mass is 16.2. The van der Waals surface area contributed by atoms with Gasteiger partial charge in [-0.15, -0.1) is 0 Å². The normalized spacial score (nSPS) is 10.6. The average molecular weight is 362 g/mol. The molecule has 138 valence electrons. The van der Waals surface area contributed by atoms with E-state index in [1.807, 2.05) is 44.2 Å². The third-order valence-corrected chi connectivity index (χ3v) is 4.48. The van der Waals surface area contributed by atoms with E-state index in [9.17, 15) is 9.59 Å². The molecule has 0 bridgehead atoms. The summed E-state index contributed by atoms with van der Waals surface area (Å²) in [7, 11) is 1.72. The average Bonchev–Trinajstić information content (AvgIpc) is 2.67. The number of aromatic amines is 1. The number of hydrogen-bond acceptors (Lipinski definition) is 4. The minimum atomic E-state index is -0.528. The van der Waals surface area contributed by atoms with Crippen LogP contribution in [0.1, 0.15) is 27.2 Å². The molecule has 27 heavy (non-hydrogen) atoms. The van der Waals surface area contributed by atoms with Crippen molar-refractivity contribution in [3.8, 4) is 11.3 Å². The van der Waals surface area contributed by atoms with Crippen LogP contribution in [0, 0.1) is 13.8 Å². The molecule has 0 saturated carbocycles. The highest BCUT2D eigenvalue weighted by molar-refractivity contribution is 5.93. The molecule has 6 nitrogen and oxygen atoms in total. The van der Waals surface area contributed by atoms with Gasteiger partial charge in [-0.1, -0.05) is 17.7 Å². The fourth-order valence-corrected chi connectivity index (χ4v) is 2.88. The number of aromatic nitrogens is 3. The van der Waals surface area contributed by atoms with Crippen LogP contribution in [0.2, 0.25) is 0 Å². The summed E-state index contributed by atoms with van der Waals surface area (Å²) in [5.74, 6) is -0.241. The van der Waals surface area contributed by atoms with Gasteiger partial charge in [0, 0.05) is 31.5 Å². The minimum absolute atomic E-state index is 0.239. The van der Waals surface area contributed by atoms with Crippen molar-refractivity contribution in [2.24, 2.45) is 0 Å². The van der Waals surface area contributed by atoms with Crippen molar-refractivity contribution in [2.75, 3.05) is 13.6 Å². The topological polar surface area (TPSA) is 79.0 Å². The first-order valence-corrected chi connectivity index (χ1v) is 8.77. The number of pyridine rings is 1.